The molecule has 4 nitrogen and oxygen atoms in total. The number of carbonyl (C=O) groups is 1. The molecule has 1 aromatic heterocycles. The fourth-order valence-corrected chi connectivity index (χ4v) is 1.72. The van der Waals surface area contributed by atoms with Crippen molar-refractivity contribution in [3.63, 3.8) is 0 Å². The summed E-state index contributed by atoms with van der Waals surface area (Å²) in [5, 5.41) is 7.49. The molecule has 0 atom stereocenters. The summed E-state index contributed by atoms with van der Waals surface area (Å²) in [6.45, 7) is 2.18. The quantitative estimate of drug-likeness (QED) is 0.805. The van der Waals surface area contributed by atoms with Crippen LogP contribution >= 0.6 is 0 Å². The lowest BCUT2D eigenvalue weighted by Gasteiger charge is -2.07. The van der Waals surface area contributed by atoms with Gasteiger partial charge in [0.25, 0.3) is 0 Å². The summed E-state index contributed by atoms with van der Waals surface area (Å²) in [4.78, 5) is 11.0. The summed E-state index contributed by atoms with van der Waals surface area (Å²) in [6, 6.07) is 4.66. The van der Waals surface area contributed by atoms with Crippen LogP contribution in [0.1, 0.15) is 23.0 Å². The fourth-order valence-electron chi connectivity index (χ4n) is 1.72. The van der Waals surface area contributed by atoms with E-state index in [4.69, 9.17) is 0 Å². The molecule has 0 amide bonds. The first-order chi connectivity index (χ1) is 8.97. The Bertz CT molecular complexity index is 605. The highest BCUT2D eigenvalue weighted by molar-refractivity contribution is 5.83. The second-order valence-electron chi connectivity index (χ2n) is 3.84. The molecule has 0 saturated heterocycles. The van der Waals surface area contributed by atoms with E-state index in [1.54, 1.807) is 6.92 Å². The Balaban J connectivity index is 2.54. The van der Waals surface area contributed by atoms with Gasteiger partial charge in [0.2, 0.25) is 0 Å². The number of rotatable bonds is 3. The molecule has 19 heavy (non-hydrogen) atoms. The fraction of sp³-hybridized carbons (Fsp3) is 0.250. The van der Waals surface area contributed by atoms with Crippen molar-refractivity contribution < 1.29 is 18.0 Å². The number of aromatic nitrogens is 3. The average Bonchev–Trinajstić information content (AvgIpc) is 2.80. The van der Waals surface area contributed by atoms with Crippen LogP contribution < -0.4 is 0 Å². The van der Waals surface area contributed by atoms with Crippen LogP contribution in [0.15, 0.2) is 24.3 Å². The number of halogens is 3. The number of alkyl halides is 3. The van der Waals surface area contributed by atoms with Gasteiger partial charge in [-0.15, -0.1) is 5.10 Å². The Labute approximate surface area is 106 Å². The minimum atomic E-state index is -4.43. The summed E-state index contributed by atoms with van der Waals surface area (Å²) in [5.41, 5.74) is -0.241. The first-order valence-corrected chi connectivity index (χ1v) is 5.53. The predicted octanol–water partition coefficient (Wildman–Crippen LogP) is 2.80. The molecule has 1 heterocycles. The summed E-state index contributed by atoms with van der Waals surface area (Å²) in [5.74, 6) is 0. The molecule has 0 unspecified atom stereocenters. The molecule has 100 valence electrons. The molecule has 1 aromatic carbocycles. The van der Waals surface area contributed by atoms with E-state index in [-0.39, 0.29) is 17.0 Å². The third-order valence-corrected chi connectivity index (χ3v) is 2.65. The van der Waals surface area contributed by atoms with E-state index < -0.39 is 11.7 Å². The smallest absolute Gasteiger partial charge is 0.296 e. The number of hydrogen-bond acceptors (Lipinski definition) is 3. The van der Waals surface area contributed by atoms with Gasteiger partial charge in [-0.05, 0) is 19.1 Å². The number of carbonyl (C=O) groups excluding carboxylic acids is 1. The Morgan fingerprint density at radius 2 is 2.11 bits per heavy atom. The lowest BCUT2D eigenvalue weighted by molar-refractivity contribution is -0.137. The number of hydrogen-bond donors (Lipinski definition) is 0. The van der Waals surface area contributed by atoms with Crippen molar-refractivity contribution in [2.75, 3.05) is 0 Å². The van der Waals surface area contributed by atoms with Gasteiger partial charge in [0.1, 0.15) is 11.4 Å². The molecular formula is C12H10F3N3O. The molecule has 0 aliphatic carbocycles. The van der Waals surface area contributed by atoms with Crippen molar-refractivity contribution in [2.45, 2.75) is 19.6 Å². The maximum absolute atomic E-state index is 12.6. The lowest BCUT2D eigenvalue weighted by Crippen LogP contribution is -2.05. The van der Waals surface area contributed by atoms with Crippen LogP contribution in [0.3, 0.4) is 0 Å². The lowest BCUT2D eigenvalue weighted by atomic mass is 10.1. The van der Waals surface area contributed by atoms with Gasteiger partial charge in [-0.3, -0.25) is 4.79 Å². The van der Waals surface area contributed by atoms with E-state index in [0.29, 0.717) is 12.8 Å². The third kappa shape index (κ3) is 2.49. The van der Waals surface area contributed by atoms with Gasteiger partial charge in [0.05, 0.1) is 5.56 Å². The molecule has 2 aromatic rings. The van der Waals surface area contributed by atoms with Gasteiger partial charge < -0.3 is 0 Å². The zero-order valence-electron chi connectivity index (χ0n) is 9.98. The Morgan fingerprint density at radius 1 is 1.37 bits per heavy atom. The SMILES string of the molecule is CCn1nnc(-c2cccc(C(F)(F)F)c2)c1C=O. The number of aldehydes is 1. The van der Waals surface area contributed by atoms with Crippen molar-refractivity contribution in [1.82, 2.24) is 15.0 Å². The van der Waals surface area contributed by atoms with Crippen molar-refractivity contribution in [1.29, 1.82) is 0 Å². The molecule has 0 aliphatic heterocycles. The van der Waals surface area contributed by atoms with Crippen molar-refractivity contribution in [3.05, 3.63) is 35.5 Å². The van der Waals surface area contributed by atoms with Gasteiger partial charge in [-0.1, -0.05) is 17.3 Å². The van der Waals surface area contributed by atoms with Crippen LogP contribution in [-0.4, -0.2) is 21.3 Å². The standard InChI is InChI=1S/C12H10F3N3O/c1-2-18-10(7-19)11(16-17-18)8-4-3-5-9(6-8)12(13,14)15/h3-7H,2H2,1H3. The van der Waals surface area contributed by atoms with Crippen molar-refractivity contribution in [2.24, 2.45) is 0 Å². The molecule has 0 aliphatic rings. The Kier molecular flexibility index (Phi) is 3.37. The highest BCUT2D eigenvalue weighted by Crippen LogP contribution is 2.32. The van der Waals surface area contributed by atoms with Crippen molar-refractivity contribution >= 4 is 6.29 Å². The van der Waals surface area contributed by atoms with Crippen LogP contribution in [0.2, 0.25) is 0 Å². The minimum absolute atomic E-state index is 0.156. The van der Waals surface area contributed by atoms with Crippen LogP contribution in [0.5, 0.6) is 0 Å². The zero-order valence-corrected chi connectivity index (χ0v) is 9.98. The van der Waals surface area contributed by atoms with E-state index in [0.717, 1.165) is 12.1 Å². The molecule has 0 fully saturated rings. The highest BCUT2D eigenvalue weighted by Gasteiger charge is 2.30. The number of benzene rings is 1. The van der Waals surface area contributed by atoms with E-state index >= 15 is 0 Å². The maximum atomic E-state index is 12.6. The van der Waals surface area contributed by atoms with Gasteiger partial charge >= 0.3 is 6.18 Å². The Hall–Kier alpha value is -2.18. The second kappa shape index (κ2) is 4.83. The van der Waals surface area contributed by atoms with Crippen LogP contribution in [0.25, 0.3) is 11.3 Å². The van der Waals surface area contributed by atoms with E-state index in [1.165, 1.54) is 16.8 Å². The van der Waals surface area contributed by atoms with Crippen molar-refractivity contribution in [3.8, 4) is 11.3 Å². The molecule has 0 spiro atoms. The number of aryl methyl sites for hydroxylation is 1. The highest BCUT2D eigenvalue weighted by atomic mass is 19.4. The summed E-state index contributed by atoms with van der Waals surface area (Å²) in [7, 11) is 0. The normalized spacial score (nSPS) is 11.6. The second-order valence-corrected chi connectivity index (χ2v) is 3.84. The molecule has 7 heteroatoms. The average molecular weight is 269 g/mol. The summed E-state index contributed by atoms with van der Waals surface area (Å²) >= 11 is 0. The van der Waals surface area contributed by atoms with Gasteiger partial charge in [-0.2, -0.15) is 13.2 Å². The topological polar surface area (TPSA) is 47.8 Å². The first kappa shape index (κ1) is 13.3. The Morgan fingerprint density at radius 3 is 2.68 bits per heavy atom. The van der Waals surface area contributed by atoms with Crippen LogP contribution in [-0.2, 0) is 12.7 Å². The van der Waals surface area contributed by atoms with Gasteiger partial charge in [-0.25, -0.2) is 4.68 Å². The molecule has 0 saturated carbocycles. The van der Waals surface area contributed by atoms with E-state index in [9.17, 15) is 18.0 Å². The van der Waals surface area contributed by atoms with Gasteiger partial charge in [0, 0.05) is 12.1 Å². The van der Waals surface area contributed by atoms with Crippen LogP contribution in [0, 0.1) is 0 Å². The summed E-state index contributed by atoms with van der Waals surface area (Å²) in [6.07, 6.45) is -3.89. The first-order valence-electron chi connectivity index (χ1n) is 5.53. The van der Waals surface area contributed by atoms with E-state index in [2.05, 4.69) is 10.3 Å². The monoisotopic (exact) mass is 269 g/mol. The van der Waals surface area contributed by atoms with Gasteiger partial charge in [0.15, 0.2) is 6.29 Å². The van der Waals surface area contributed by atoms with E-state index in [1.807, 2.05) is 0 Å². The zero-order chi connectivity index (χ0) is 14.0. The predicted molar refractivity (Wildman–Crippen MR) is 61.5 cm³/mol. The third-order valence-electron chi connectivity index (χ3n) is 2.65. The molecule has 0 bridgehead atoms. The molecular weight excluding hydrogens is 259 g/mol. The van der Waals surface area contributed by atoms with Crippen LogP contribution in [0.4, 0.5) is 13.2 Å². The maximum Gasteiger partial charge on any atom is 0.416 e. The molecule has 0 radical (unpaired) electrons. The largest absolute Gasteiger partial charge is 0.416 e. The molecule has 2 rings (SSSR count). The summed E-state index contributed by atoms with van der Waals surface area (Å²) < 4.78 is 39.2. The number of nitrogens with zero attached hydrogens (tertiary/aromatic N) is 3. The minimum Gasteiger partial charge on any atom is -0.296 e. The molecule has 0 N–H and O–H groups in total.